The van der Waals surface area contributed by atoms with Crippen molar-refractivity contribution in [1.82, 2.24) is 5.32 Å². The topological polar surface area (TPSA) is 116 Å². The summed E-state index contributed by atoms with van der Waals surface area (Å²) in [6, 6.07) is -0.376. The lowest BCUT2D eigenvalue weighted by molar-refractivity contribution is -0.888. The SMILES string of the molecule is CCOS(=O)(=O)[O-].CC[N+](C)(C)CCCNC(CCCCC(C)C)C(=O)O. The van der Waals surface area contributed by atoms with Gasteiger partial charge in [0.15, 0.2) is 0 Å². The maximum absolute atomic E-state index is 11.2. The smallest absolute Gasteiger partial charge is 0.320 e. The van der Waals surface area contributed by atoms with Crippen LogP contribution in [-0.4, -0.2) is 74.9 Å². The van der Waals surface area contributed by atoms with Crippen LogP contribution < -0.4 is 5.32 Å². The van der Waals surface area contributed by atoms with Crippen molar-refractivity contribution in [3.8, 4) is 0 Å². The Labute approximate surface area is 165 Å². The normalized spacial score (nSPS) is 13.2. The van der Waals surface area contributed by atoms with Gasteiger partial charge in [-0.05, 0) is 26.2 Å². The number of carboxylic acid groups (broad SMARTS) is 1. The molecule has 0 amide bonds. The number of hydrogen-bond acceptors (Lipinski definition) is 6. The van der Waals surface area contributed by atoms with Crippen molar-refractivity contribution in [3.63, 3.8) is 0 Å². The van der Waals surface area contributed by atoms with Crippen LogP contribution in [0, 0.1) is 5.92 Å². The Kier molecular flexibility index (Phi) is 16.0. The summed E-state index contributed by atoms with van der Waals surface area (Å²) in [4.78, 5) is 11.2. The molecule has 0 aliphatic rings. The van der Waals surface area contributed by atoms with E-state index in [0.29, 0.717) is 5.92 Å². The minimum atomic E-state index is -4.42. The van der Waals surface area contributed by atoms with Gasteiger partial charge in [-0.25, -0.2) is 8.42 Å². The summed E-state index contributed by atoms with van der Waals surface area (Å²) >= 11 is 0. The summed E-state index contributed by atoms with van der Waals surface area (Å²) in [6.45, 7) is 10.9. The molecule has 164 valence electrons. The van der Waals surface area contributed by atoms with E-state index in [1.54, 1.807) is 0 Å². The van der Waals surface area contributed by atoms with Gasteiger partial charge in [0.25, 0.3) is 0 Å². The first-order valence-electron chi connectivity index (χ1n) is 9.73. The molecule has 0 fully saturated rings. The first-order valence-corrected chi connectivity index (χ1v) is 11.1. The zero-order chi connectivity index (χ0) is 21.5. The summed E-state index contributed by atoms with van der Waals surface area (Å²) in [6.07, 6.45) is 5.08. The number of rotatable bonds is 14. The highest BCUT2D eigenvalue weighted by atomic mass is 32.3. The highest BCUT2D eigenvalue weighted by molar-refractivity contribution is 7.80. The van der Waals surface area contributed by atoms with Crippen molar-refractivity contribution >= 4 is 16.4 Å². The molecule has 0 saturated carbocycles. The lowest BCUT2D eigenvalue weighted by Gasteiger charge is -2.28. The number of hydrogen-bond donors (Lipinski definition) is 2. The Hall–Kier alpha value is -0.740. The standard InChI is InChI=1S/C16H34N2O2.C2H6O4S/c1-6-18(4,5)13-9-12-17-15(16(19)20)11-8-7-10-14(2)3;1-2-6-7(3,4)5/h14-15,17H,6-13H2,1-5H3;2H2,1H3,(H,3,4,5). The molecule has 2 N–H and O–H groups in total. The molecule has 0 spiro atoms. The van der Waals surface area contributed by atoms with E-state index in [1.165, 1.54) is 13.3 Å². The predicted molar refractivity (Wildman–Crippen MR) is 106 cm³/mol. The van der Waals surface area contributed by atoms with Gasteiger partial charge in [-0.1, -0.05) is 33.1 Å². The number of nitrogens with zero attached hydrogens (tertiary/aromatic N) is 1. The fraction of sp³-hybridized carbons (Fsp3) is 0.944. The average molecular weight is 413 g/mol. The van der Waals surface area contributed by atoms with Crippen LogP contribution in [-0.2, 0) is 19.4 Å². The zero-order valence-electron chi connectivity index (χ0n) is 17.9. The van der Waals surface area contributed by atoms with E-state index in [0.717, 1.165) is 49.8 Å². The van der Waals surface area contributed by atoms with Gasteiger partial charge in [0.05, 0.1) is 33.8 Å². The van der Waals surface area contributed by atoms with E-state index >= 15 is 0 Å². The Morgan fingerprint density at radius 2 is 1.70 bits per heavy atom. The Morgan fingerprint density at radius 1 is 1.15 bits per heavy atom. The van der Waals surface area contributed by atoms with Crippen molar-refractivity contribution < 1.29 is 31.5 Å². The van der Waals surface area contributed by atoms with Crippen LogP contribution in [0.3, 0.4) is 0 Å². The molecule has 0 aliphatic carbocycles. The third-order valence-corrected chi connectivity index (χ3v) is 4.80. The van der Waals surface area contributed by atoms with E-state index in [2.05, 4.69) is 44.4 Å². The third-order valence-electron chi connectivity index (χ3n) is 4.27. The molecule has 9 heteroatoms. The molecule has 0 aromatic carbocycles. The molecule has 0 aromatic rings. The summed E-state index contributed by atoms with van der Waals surface area (Å²) in [7, 11) is -0.00635. The molecule has 8 nitrogen and oxygen atoms in total. The highest BCUT2D eigenvalue weighted by Crippen LogP contribution is 2.10. The predicted octanol–water partition coefficient (Wildman–Crippen LogP) is 2.22. The van der Waals surface area contributed by atoms with Crippen LogP contribution in [0.15, 0.2) is 0 Å². The largest absolute Gasteiger partial charge is 0.726 e. The van der Waals surface area contributed by atoms with Crippen molar-refractivity contribution in [1.29, 1.82) is 0 Å². The van der Waals surface area contributed by atoms with Gasteiger partial charge in [0.2, 0.25) is 10.4 Å². The van der Waals surface area contributed by atoms with Gasteiger partial charge < -0.3 is 19.5 Å². The maximum atomic E-state index is 11.2. The number of quaternary nitrogens is 1. The monoisotopic (exact) mass is 412 g/mol. The molecule has 0 aromatic heterocycles. The Morgan fingerprint density at radius 3 is 2.07 bits per heavy atom. The summed E-state index contributed by atoms with van der Waals surface area (Å²) in [5.41, 5.74) is 0. The van der Waals surface area contributed by atoms with Crippen molar-refractivity contribution in [2.75, 3.05) is 40.3 Å². The summed E-state index contributed by atoms with van der Waals surface area (Å²) in [5, 5.41) is 12.4. The van der Waals surface area contributed by atoms with Crippen LogP contribution in [0.4, 0.5) is 0 Å². The van der Waals surface area contributed by atoms with E-state index < -0.39 is 16.4 Å². The minimum Gasteiger partial charge on any atom is -0.726 e. The summed E-state index contributed by atoms with van der Waals surface area (Å²) in [5.74, 6) is -0.000862. The average Bonchev–Trinajstić information content (AvgIpc) is 2.52. The van der Waals surface area contributed by atoms with E-state index in [9.17, 15) is 22.9 Å². The second kappa shape index (κ2) is 15.2. The van der Waals surface area contributed by atoms with Gasteiger partial charge >= 0.3 is 5.97 Å². The lowest BCUT2D eigenvalue weighted by atomic mass is 10.0. The van der Waals surface area contributed by atoms with Gasteiger partial charge in [-0.2, -0.15) is 0 Å². The molecule has 0 rings (SSSR count). The molecule has 0 aliphatic heterocycles. The van der Waals surface area contributed by atoms with Crippen LogP contribution in [0.1, 0.15) is 59.8 Å². The Bertz CT molecular complexity index is 480. The number of nitrogens with one attached hydrogen (secondary N) is 1. The second-order valence-electron chi connectivity index (χ2n) is 7.67. The van der Waals surface area contributed by atoms with Crippen LogP contribution in [0.2, 0.25) is 0 Å². The molecule has 1 unspecified atom stereocenters. The van der Waals surface area contributed by atoms with Gasteiger partial charge in [0, 0.05) is 13.0 Å². The molecular weight excluding hydrogens is 372 g/mol. The molecule has 1 atom stereocenters. The van der Waals surface area contributed by atoms with Gasteiger partial charge in [0.1, 0.15) is 6.04 Å². The molecule has 0 bridgehead atoms. The molecule has 0 radical (unpaired) electrons. The quantitative estimate of drug-likeness (QED) is 0.194. The lowest BCUT2D eigenvalue weighted by Crippen LogP contribution is -2.43. The summed E-state index contributed by atoms with van der Waals surface area (Å²) < 4.78 is 33.0. The van der Waals surface area contributed by atoms with E-state index in [1.807, 2.05) is 0 Å². The highest BCUT2D eigenvalue weighted by Gasteiger charge is 2.17. The first kappa shape index (κ1) is 28.5. The molecule has 0 saturated heterocycles. The van der Waals surface area contributed by atoms with E-state index in [-0.39, 0.29) is 12.6 Å². The van der Waals surface area contributed by atoms with Crippen LogP contribution in [0.25, 0.3) is 0 Å². The third kappa shape index (κ3) is 21.4. The van der Waals surface area contributed by atoms with Crippen molar-refractivity contribution in [2.45, 2.75) is 65.8 Å². The number of unbranched alkanes of at least 4 members (excludes halogenated alkanes) is 1. The molecule has 27 heavy (non-hydrogen) atoms. The maximum Gasteiger partial charge on any atom is 0.320 e. The molecule has 0 heterocycles. The number of aliphatic carboxylic acids is 1. The second-order valence-corrected chi connectivity index (χ2v) is 8.72. The number of carboxylic acids is 1. The van der Waals surface area contributed by atoms with Crippen LogP contribution in [0.5, 0.6) is 0 Å². The van der Waals surface area contributed by atoms with Crippen molar-refractivity contribution in [3.05, 3.63) is 0 Å². The van der Waals surface area contributed by atoms with Crippen molar-refractivity contribution in [2.24, 2.45) is 5.92 Å². The van der Waals surface area contributed by atoms with Gasteiger partial charge in [-0.3, -0.25) is 8.98 Å². The zero-order valence-corrected chi connectivity index (χ0v) is 18.7. The van der Waals surface area contributed by atoms with Crippen LogP contribution >= 0.6 is 0 Å². The molecular formula is C18H40N2O6S. The number of carbonyl (C=O) groups is 1. The Balaban J connectivity index is 0. The fourth-order valence-electron chi connectivity index (χ4n) is 2.30. The fourth-order valence-corrected chi connectivity index (χ4v) is 2.59. The van der Waals surface area contributed by atoms with Gasteiger partial charge in [-0.15, -0.1) is 0 Å². The first-order chi connectivity index (χ1) is 12.3. The van der Waals surface area contributed by atoms with E-state index in [4.69, 9.17) is 0 Å². The minimum absolute atomic E-state index is 0.0914.